The molecule has 0 radical (unpaired) electrons. The van der Waals surface area contributed by atoms with Crippen LogP contribution in [0.5, 0.6) is 0 Å². The average Bonchev–Trinajstić information content (AvgIpc) is 4.01. The highest BCUT2D eigenvalue weighted by Gasteiger charge is 2.38. The summed E-state index contributed by atoms with van der Waals surface area (Å²) in [6.45, 7) is 12.3. The van der Waals surface area contributed by atoms with Crippen LogP contribution in [0, 0.1) is 0 Å². The van der Waals surface area contributed by atoms with Gasteiger partial charge < -0.3 is 34.3 Å². The van der Waals surface area contributed by atoms with E-state index in [1.807, 2.05) is 23.1 Å². The van der Waals surface area contributed by atoms with Gasteiger partial charge in [-0.25, -0.2) is 4.79 Å². The first-order valence-electron chi connectivity index (χ1n) is 23.6. The highest BCUT2D eigenvalue weighted by Crippen LogP contribution is 2.24. The summed E-state index contributed by atoms with van der Waals surface area (Å²) < 4.78 is 10.6. The molecule has 1 N–H and O–H groups in total. The molecule has 0 spiro atoms. The van der Waals surface area contributed by atoms with Crippen molar-refractivity contribution in [2.24, 2.45) is 0 Å². The van der Waals surface area contributed by atoms with Gasteiger partial charge in [-0.05, 0) is 35.4 Å². The first-order valence-corrected chi connectivity index (χ1v) is 24.3. The number of nitrogens with zero attached hydrogens (tertiary/aromatic N) is 8. The molecular formula is C46H55Cl2N9O15. The number of carbonyl (C=O) groups is 10. The minimum absolute atomic E-state index is 0.0407. The Bertz CT molecular complexity index is 2320. The number of imide groups is 3. The number of hydrogen-bond donors (Lipinski definition) is 1. The fourth-order valence-corrected chi connectivity index (χ4v) is 8.71. The molecule has 7 heterocycles. The van der Waals surface area contributed by atoms with Crippen molar-refractivity contribution in [1.29, 1.82) is 0 Å². The lowest BCUT2D eigenvalue weighted by molar-refractivity contribution is -0.198. The third-order valence-corrected chi connectivity index (χ3v) is 13.0. The van der Waals surface area contributed by atoms with Crippen molar-refractivity contribution >= 4 is 82.7 Å². The van der Waals surface area contributed by atoms with Crippen molar-refractivity contribution in [2.45, 2.75) is 51.6 Å². The standard InChI is InChI=1S/C21H25ClN4O6.C16H22ClN3O2.C9H8N2O7/c22-17-13-15(20(29)24-9-11-31-12-10-24)1-2-16(17)14-23-5-7-25(8-6-23)21(30)32-26-18(27)3-4-19(26)28;17-15-11-13(16(21)20-7-9-22-10-8-20)1-2-14(15)12-19-5-3-18-4-6-19;12-5-1-2-6(13)10(5)17-9(16)18-11-7(14)3-4-8(11)15/h1-2,13H,3-12,14H2;1-2,11,18H,3-10,12H2;1-4H2. The van der Waals surface area contributed by atoms with Gasteiger partial charge in [-0.2, -0.15) is 4.79 Å². The molecule has 72 heavy (non-hydrogen) atoms. The summed E-state index contributed by atoms with van der Waals surface area (Å²) in [6.07, 6.45) is -2.29. The predicted molar refractivity (Wildman–Crippen MR) is 249 cm³/mol. The normalized spacial score (nSPS) is 20.0. The highest BCUT2D eigenvalue weighted by molar-refractivity contribution is 6.32. The second-order valence-corrected chi connectivity index (χ2v) is 18.1. The second-order valence-electron chi connectivity index (χ2n) is 17.2. The number of halogens is 2. The van der Waals surface area contributed by atoms with Crippen molar-refractivity contribution in [3.8, 4) is 0 Å². The maximum atomic E-state index is 12.6. The van der Waals surface area contributed by atoms with Crippen LogP contribution in [0.1, 0.15) is 70.4 Å². The molecule has 9 amide bonds. The Morgan fingerprint density at radius 2 is 0.833 bits per heavy atom. The average molecular weight is 1040 g/mol. The molecule has 7 saturated heterocycles. The summed E-state index contributed by atoms with van der Waals surface area (Å²) in [5, 5.41) is 5.62. The molecule has 7 aliphatic rings. The molecule has 0 unspecified atom stereocenters. The van der Waals surface area contributed by atoms with Crippen LogP contribution in [0.2, 0.25) is 10.0 Å². The van der Waals surface area contributed by atoms with Gasteiger partial charge in [-0.3, -0.25) is 57.8 Å². The van der Waals surface area contributed by atoms with Crippen LogP contribution in [-0.4, -0.2) is 204 Å². The fourth-order valence-electron chi connectivity index (χ4n) is 8.23. The third-order valence-electron chi connectivity index (χ3n) is 12.3. The van der Waals surface area contributed by atoms with Gasteiger partial charge in [0.25, 0.3) is 47.3 Å². The van der Waals surface area contributed by atoms with E-state index in [-0.39, 0.29) is 60.5 Å². The van der Waals surface area contributed by atoms with Gasteiger partial charge in [0.1, 0.15) is 0 Å². The summed E-state index contributed by atoms with van der Waals surface area (Å²) in [6, 6.07) is 11.0. The van der Waals surface area contributed by atoms with Crippen molar-refractivity contribution in [3.05, 3.63) is 68.7 Å². The zero-order valence-corrected chi connectivity index (χ0v) is 40.9. The molecule has 7 aliphatic heterocycles. The minimum Gasteiger partial charge on any atom is -0.378 e. The number of rotatable bonds is 9. The molecule has 0 atom stereocenters. The molecule has 7 fully saturated rings. The Labute approximate surface area is 423 Å². The Balaban J connectivity index is 0.000000166. The van der Waals surface area contributed by atoms with E-state index in [1.54, 1.807) is 23.1 Å². The number of nitrogens with one attached hydrogen (secondary N) is 1. The van der Waals surface area contributed by atoms with E-state index in [2.05, 4.69) is 24.8 Å². The van der Waals surface area contributed by atoms with Crippen molar-refractivity contribution in [3.63, 3.8) is 0 Å². The first kappa shape index (κ1) is 53.5. The predicted octanol–water partition coefficient (Wildman–Crippen LogP) is 1.62. The Hall–Kier alpha value is -6.28. The lowest BCUT2D eigenvalue weighted by Gasteiger charge is -2.34. The van der Waals surface area contributed by atoms with Gasteiger partial charge in [-0.15, -0.1) is 5.06 Å². The number of amides is 9. The van der Waals surface area contributed by atoms with Crippen molar-refractivity contribution in [1.82, 2.24) is 45.0 Å². The lowest BCUT2D eigenvalue weighted by Crippen LogP contribution is -2.50. The summed E-state index contributed by atoms with van der Waals surface area (Å²) in [7, 11) is 0. The van der Waals surface area contributed by atoms with Crippen LogP contribution in [0.3, 0.4) is 0 Å². The highest BCUT2D eigenvalue weighted by atomic mass is 35.5. The van der Waals surface area contributed by atoms with Crippen LogP contribution in [0.25, 0.3) is 0 Å². The first-order chi connectivity index (χ1) is 34.6. The van der Waals surface area contributed by atoms with E-state index in [0.717, 1.165) is 43.9 Å². The van der Waals surface area contributed by atoms with Crippen LogP contribution >= 0.6 is 23.2 Å². The van der Waals surface area contributed by atoms with Crippen LogP contribution in [0.15, 0.2) is 36.4 Å². The number of ether oxygens (including phenoxy) is 2. The van der Waals surface area contributed by atoms with Crippen molar-refractivity contribution < 1.29 is 71.9 Å². The van der Waals surface area contributed by atoms with Gasteiger partial charge >= 0.3 is 12.2 Å². The molecule has 9 rings (SSSR count). The molecule has 0 aliphatic carbocycles. The maximum absolute atomic E-state index is 12.6. The quantitative estimate of drug-likeness (QED) is 0.350. The number of piperazine rings is 2. The van der Waals surface area contributed by atoms with Gasteiger partial charge in [0.05, 0.1) is 26.4 Å². The molecule has 0 bridgehead atoms. The summed E-state index contributed by atoms with van der Waals surface area (Å²) in [5.41, 5.74) is 3.20. The molecular weight excluding hydrogens is 989 g/mol. The van der Waals surface area contributed by atoms with Gasteiger partial charge in [0.2, 0.25) is 0 Å². The molecule has 24 nitrogen and oxygen atoms in total. The third kappa shape index (κ3) is 14.2. The largest absolute Gasteiger partial charge is 0.560 e. The molecule has 2 aromatic rings. The maximum Gasteiger partial charge on any atom is 0.560 e. The van der Waals surface area contributed by atoms with E-state index in [1.165, 1.54) is 4.90 Å². The molecule has 0 aromatic heterocycles. The lowest BCUT2D eigenvalue weighted by atomic mass is 10.1. The van der Waals surface area contributed by atoms with E-state index in [4.69, 9.17) is 37.5 Å². The van der Waals surface area contributed by atoms with Gasteiger partial charge in [0.15, 0.2) is 0 Å². The van der Waals surface area contributed by atoms with Crippen LogP contribution in [0.4, 0.5) is 9.59 Å². The summed E-state index contributed by atoms with van der Waals surface area (Å²) >= 11 is 12.9. The molecule has 26 heteroatoms. The zero-order valence-electron chi connectivity index (χ0n) is 39.4. The fraction of sp³-hybridized carbons (Fsp3) is 0.522. The van der Waals surface area contributed by atoms with E-state index in [0.29, 0.717) is 112 Å². The number of hydroxylamine groups is 6. The monoisotopic (exact) mass is 1040 g/mol. The van der Waals surface area contributed by atoms with Crippen LogP contribution < -0.4 is 5.32 Å². The Kier molecular flexibility index (Phi) is 18.9. The van der Waals surface area contributed by atoms with Gasteiger partial charge in [-0.1, -0.05) is 45.5 Å². The number of morpholine rings is 2. The number of benzene rings is 2. The smallest absolute Gasteiger partial charge is 0.378 e. The minimum atomic E-state index is -1.48. The van der Waals surface area contributed by atoms with Crippen molar-refractivity contribution in [2.75, 3.05) is 105 Å². The van der Waals surface area contributed by atoms with E-state index < -0.39 is 47.7 Å². The number of carbonyl (C=O) groups excluding carboxylic acids is 10. The second kappa shape index (κ2) is 25.4. The molecule has 2 aromatic carbocycles. The number of hydrogen-bond acceptors (Lipinski definition) is 18. The molecule has 388 valence electrons. The SMILES string of the molecule is O=C(ON1C(=O)CCC1=O)N1CCN(Cc2ccc(C(=O)N3CCOCC3)cc2Cl)CC1.O=C(ON1C(=O)CCC1=O)ON1C(=O)CCC1=O.O=C(c1ccc(CN2CCNCC2)c(Cl)c1)N1CCOCC1. The molecule has 0 saturated carbocycles. The van der Waals surface area contributed by atoms with E-state index in [9.17, 15) is 47.9 Å². The van der Waals surface area contributed by atoms with Gasteiger partial charge in [0, 0.05) is 151 Å². The topological polar surface area (TPSA) is 255 Å². The van der Waals surface area contributed by atoms with Crippen LogP contribution in [-0.2, 0) is 65.8 Å². The van der Waals surface area contributed by atoms with E-state index >= 15 is 0 Å². The zero-order chi connectivity index (χ0) is 51.3. The summed E-state index contributed by atoms with van der Waals surface area (Å²) in [4.78, 5) is 139. The summed E-state index contributed by atoms with van der Waals surface area (Å²) in [5.74, 6) is -3.73. The Morgan fingerprint density at radius 3 is 1.21 bits per heavy atom. The Morgan fingerprint density at radius 1 is 0.472 bits per heavy atom.